The molecular formula is C16H30. The van der Waals surface area contributed by atoms with E-state index in [2.05, 4.69) is 26.5 Å². The van der Waals surface area contributed by atoms with E-state index >= 15 is 0 Å². The van der Waals surface area contributed by atoms with Crippen molar-refractivity contribution in [3.8, 4) is 0 Å². The molecule has 0 spiro atoms. The van der Waals surface area contributed by atoms with Crippen LogP contribution in [0.3, 0.4) is 0 Å². The third-order valence-corrected chi connectivity index (χ3v) is 2.91. The Morgan fingerprint density at radius 1 is 0.750 bits per heavy atom. The molecule has 0 rings (SSSR count). The normalized spacial score (nSPS) is 10.1. The molecule has 0 N–H and O–H groups in total. The minimum absolute atomic E-state index is 1.20. The van der Waals surface area contributed by atoms with Crippen LogP contribution >= 0.6 is 0 Å². The highest BCUT2D eigenvalue weighted by atomic mass is 14.0. The maximum absolute atomic E-state index is 3.74. The third kappa shape index (κ3) is 13.5. The molecule has 0 aliphatic carbocycles. The molecule has 94 valence electrons. The van der Waals surface area contributed by atoms with E-state index in [1.807, 2.05) is 6.08 Å². The predicted molar refractivity (Wildman–Crippen MR) is 75.8 cm³/mol. The molecule has 0 nitrogen and oxygen atoms in total. The highest BCUT2D eigenvalue weighted by Gasteiger charge is 1.91. The van der Waals surface area contributed by atoms with Gasteiger partial charge in [0.25, 0.3) is 0 Å². The molecule has 0 aromatic rings. The molecule has 0 atom stereocenters. The second-order valence-electron chi connectivity index (χ2n) is 4.98. The molecule has 0 saturated heterocycles. The zero-order chi connectivity index (χ0) is 12.1. The van der Waals surface area contributed by atoms with Crippen molar-refractivity contribution in [2.75, 3.05) is 0 Å². The van der Waals surface area contributed by atoms with Crippen molar-refractivity contribution in [2.24, 2.45) is 0 Å². The maximum atomic E-state index is 3.74. The number of rotatable bonds is 11. The molecule has 0 unspecified atom stereocenters. The van der Waals surface area contributed by atoms with Crippen molar-refractivity contribution in [2.45, 2.75) is 78.1 Å². The van der Waals surface area contributed by atoms with Gasteiger partial charge in [-0.25, -0.2) is 0 Å². The van der Waals surface area contributed by atoms with Crippen LogP contribution < -0.4 is 0 Å². The van der Waals surface area contributed by atoms with E-state index in [0.717, 1.165) is 0 Å². The Hall–Kier alpha value is -0.520. The van der Waals surface area contributed by atoms with Gasteiger partial charge in [-0.1, -0.05) is 56.3 Å². The van der Waals surface area contributed by atoms with E-state index in [1.165, 1.54) is 69.8 Å². The third-order valence-electron chi connectivity index (χ3n) is 2.91. The van der Waals surface area contributed by atoms with Gasteiger partial charge >= 0.3 is 0 Å². The molecule has 0 aromatic carbocycles. The first kappa shape index (κ1) is 15.5. The molecule has 0 heteroatoms. The van der Waals surface area contributed by atoms with Crippen LogP contribution in [0.1, 0.15) is 78.1 Å². The lowest BCUT2D eigenvalue weighted by molar-refractivity contribution is 0.571. The van der Waals surface area contributed by atoms with Crippen LogP contribution in [0.5, 0.6) is 0 Å². The summed E-state index contributed by atoms with van der Waals surface area (Å²) in [4.78, 5) is 0. The Morgan fingerprint density at radius 3 is 1.62 bits per heavy atom. The van der Waals surface area contributed by atoms with Gasteiger partial charge in [0.15, 0.2) is 0 Å². The van der Waals surface area contributed by atoms with E-state index in [4.69, 9.17) is 0 Å². The molecule has 0 heterocycles. The van der Waals surface area contributed by atoms with E-state index in [-0.39, 0.29) is 0 Å². The van der Waals surface area contributed by atoms with Crippen LogP contribution in [0.4, 0.5) is 0 Å². The molecule has 16 heavy (non-hydrogen) atoms. The SMILES string of the molecule is C=CCCCCCCCCCCC=C(C)C. The van der Waals surface area contributed by atoms with Gasteiger partial charge in [0.1, 0.15) is 0 Å². The van der Waals surface area contributed by atoms with Crippen LogP contribution in [-0.2, 0) is 0 Å². The van der Waals surface area contributed by atoms with Gasteiger partial charge < -0.3 is 0 Å². The molecule has 0 aliphatic heterocycles. The fourth-order valence-electron chi connectivity index (χ4n) is 1.88. The van der Waals surface area contributed by atoms with Gasteiger partial charge in [0.2, 0.25) is 0 Å². The molecule has 0 aliphatic rings. The van der Waals surface area contributed by atoms with Gasteiger partial charge in [0, 0.05) is 0 Å². The van der Waals surface area contributed by atoms with Gasteiger partial charge in [-0.2, -0.15) is 0 Å². The van der Waals surface area contributed by atoms with Gasteiger partial charge in [-0.15, -0.1) is 6.58 Å². The zero-order valence-corrected chi connectivity index (χ0v) is 11.4. The summed E-state index contributed by atoms with van der Waals surface area (Å²) in [5.41, 5.74) is 1.46. The predicted octanol–water partition coefficient (Wildman–Crippen LogP) is 6.04. The lowest BCUT2D eigenvalue weighted by Crippen LogP contribution is -1.81. The molecule has 0 amide bonds. The standard InChI is InChI=1S/C16H30/c1-4-5-6-7-8-9-10-11-12-13-14-15-16(2)3/h4,15H,1,5-14H2,2-3H3. The summed E-state index contributed by atoms with van der Waals surface area (Å²) in [6.45, 7) is 8.11. The lowest BCUT2D eigenvalue weighted by atomic mass is 10.1. The fourth-order valence-corrected chi connectivity index (χ4v) is 1.88. The first-order chi connectivity index (χ1) is 7.77. The first-order valence-corrected chi connectivity index (χ1v) is 7.01. The number of hydrogen-bond acceptors (Lipinski definition) is 0. The Labute approximate surface area is 103 Å². The molecule has 0 saturated carbocycles. The van der Waals surface area contributed by atoms with Gasteiger partial charge in [-0.3, -0.25) is 0 Å². The number of allylic oxidation sites excluding steroid dienone is 3. The molecule has 0 aromatic heterocycles. The van der Waals surface area contributed by atoms with Gasteiger partial charge in [-0.05, 0) is 39.5 Å². The monoisotopic (exact) mass is 222 g/mol. The average Bonchev–Trinajstić information content (AvgIpc) is 2.25. The van der Waals surface area contributed by atoms with E-state index in [1.54, 1.807) is 0 Å². The molecule has 0 fully saturated rings. The summed E-state index contributed by atoms with van der Waals surface area (Å²) >= 11 is 0. The topological polar surface area (TPSA) is 0 Å². The molecule has 0 radical (unpaired) electrons. The summed E-state index contributed by atoms with van der Waals surface area (Å²) in [6.07, 6.45) is 18.1. The second kappa shape index (κ2) is 12.5. The van der Waals surface area contributed by atoms with Crippen molar-refractivity contribution >= 4 is 0 Å². The highest BCUT2D eigenvalue weighted by molar-refractivity contribution is 4.92. The van der Waals surface area contributed by atoms with Crippen molar-refractivity contribution in [1.82, 2.24) is 0 Å². The maximum Gasteiger partial charge on any atom is -0.0348 e. The Bertz CT molecular complexity index is 172. The summed E-state index contributed by atoms with van der Waals surface area (Å²) in [5.74, 6) is 0. The zero-order valence-electron chi connectivity index (χ0n) is 11.4. The first-order valence-electron chi connectivity index (χ1n) is 7.01. The Balaban J connectivity index is 2.98. The fraction of sp³-hybridized carbons (Fsp3) is 0.750. The number of unbranched alkanes of at least 4 members (excludes halogenated alkanes) is 9. The summed E-state index contributed by atoms with van der Waals surface area (Å²) < 4.78 is 0. The molecular weight excluding hydrogens is 192 g/mol. The highest BCUT2D eigenvalue weighted by Crippen LogP contribution is 2.11. The summed E-state index contributed by atoms with van der Waals surface area (Å²) in [7, 11) is 0. The smallest absolute Gasteiger partial charge is 0.0348 e. The van der Waals surface area contributed by atoms with Crippen LogP contribution in [-0.4, -0.2) is 0 Å². The van der Waals surface area contributed by atoms with E-state index < -0.39 is 0 Å². The van der Waals surface area contributed by atoms with Crippen molar-refractivity contribution in [1.29, 1.82) is 0 Å². The van der Waals surface area contributed by atoms with E-state index in [0.29, 0.717) is 0 Å². The van der Waals surface area contributed by atoms with Crippen LogP contribution in [0.15, 0.2) is 24.3 Å². The van der Waals surface area contributed by atoms with Crippen molar-refractivity contribution < 1.29 is 0 Å². The minimum Gasteiger partial charge on any atom is -0.103 e. The van der Waals surface area contributed by atoms with Gasteiger partial charge in [0.05, 0.1) is 0 Å². The van der Waals surface area contributed by atoms with E-state index in [9.17, 15) is 0 Å². The van der Waals surface area contributed by atoms with Crippen LogP contribution in [0, 0.1) is 0 Å². The van der Waals surface area contributed by atoms with Crippen molar-refractivity contribution in [3.63, 3.8) is 0 Å². The van der Waals surface area contributed by atoms with Crippen LogP contribution in [0.25, 0.3) is 0 Å². The largest absolute Gasteiger partial charge is 0.103 e. The minimum atomic E-state index is 1.20. The summed E-state index contributed by atoms with van der Waals surface area (Å²) in [5, 5.41) is 0. The lowest BCUT2D eigenvalue weighted by Gasteiger charge is -2.00. The quantitative estimate of drug-likeness (QED) is 0.295. The number of hydrogen-bond donors (Lipinski definition) is 0. The second-order valence-corrected chi connectivity index (χ2v) is 4.98. The average molecular weight is 222 g/mol. The van der Waals surface area contributed by atoms with Crippen LogP contribution in [0.2, 0.25) is 0 Å². The Morgan fingerprint density at radius 2 is 1.19 bits per heavy atom. The van der Waals surface area contributed by atoms with Crippen molar-refractivity contribution in [3.05, 3.63) is 24.3 Å². The summed E-state index contributed by atoms with van der Waals surface area (Å²) in [6, 6.07) is 0. The Kier molecular flexibility index (Phi) is 12.1. The molecule has 0 bridgehead atoms.